The highest BCUT2D eigenvalue weighted by atomic mass is 28.5. The molecule has 1 atom stereocenters. The molecule has 0 aromatic rings. The zero-order chi connectivity index (χ0) is 23.4. The Morgan fingerprint density at radius 2 is 0.828 bits per heavy atom. The van der Waals surface area contributed by atoms with Gasteiger partial charge in [0.2, 0.25) is 0 Å². The van der Waals surface area contributed by atoms with Gasteiger partial charge in [0.05, 0.1) is 0 Å². The average Bonchev–Trinajstić information content (AvgIpc) is 2.42. The van der Waals surface area contributed by atoms with Crippen molar-refractivity contribution in [2.75, 3.05) is 21.3 Å². The van der Waals surface area contributed by atoms with Gasteiger partial charge in [-0.05, 0) is 78.1 Å². The van der Waals surface area contributed by atoms with Crippen molar-refractivity contribution in [3.8, 4) is 0 Å². The molecule has 0 N–H and O–H groups in total. The fourth-order valence-corrected chi connectivity index (χ4v) is 30.2. The molecule has 0 aromatic carbocycles. The van der Waals surface area contributed by atoms with E-state index < -0.39 is 51.1 Å². The smallest absolute Gasteiger partial charge is 0.437 e. The SMILES string of the molecule is CO[Si](CC[Si](C)(O[Si](C)(C)C)O[Si](C)(C)O[Si](C)(C)O[Si](C)(C)C)(OC)OC. The van der Waals surface area contributed by atoms with Gasteiger partial charge in [0.25, 0.3) is 0 Å². The summed E-state index contributed by atoms with van der Waals surface area (Å²) < 4.78 is 43.2. The van der Waals surface area contributed by atoms with Crippen LogP contribution in [0.15, 0.2) is 0 Å². The monoisotopic (exact) mass is 518 g/mol. The van der Waals surface area contributed by atoms with Crippen LogP contribution in [0.25, 0.3) is 0 Å². The second kappa shape index (κ2) is 10.8. The molecule has 0 spiro atoms. The first-order valence-electron chi connectivity index (χ1n) is 10.2. The molecule has 0 saturated heterocycles. The molecule has 0 saturated carbocycles. The lowest BCUT2D eigenvalue weighted by Crippen LogP contribution is -2.59. The Hall–Kier alpha value is 1.02. The van der Waals surface area contributed by atoms with Crippen molar-refractivity contribution in [2.45, 2.75) is 84.1 Å². The maximum Gasteiger partial charge on any atom is 0.500 e. The predicted octanol–water partition coefficient (Wildman–Crippen LogP) is 5.08. The number of rotatable bonds is 14. The Bertz CT molecular complexity index is 495. The minimum Gasteiger partial charge on any atom is -0.437 e. The van der Waals surface area contributed by atoms with Crippen molar-refractivity contribution in [3.05, 3.63) is 0 Å². The molecule has 0 bridgehead atoms. The van der Waals surface area contributed by atoms with E-state index in [-0.39, 0.29) is 0 Å². The standard InChI is InChI=1S/C16H46O7Si6/c1-17-29(18-2,19-3)16-15-28(14,21-25(7,8)9)23-27(12,13)22-26(10,11)20-24(4,5)6/h15-16H2,1-14H3. The first-order chi connectivity index (χ1) is 12.7. The molecule has 1 unspecified atom stereocenters. The Morgan fingerprint density at radius 1 is 0.448 bits per heavy atom. The third kappa shape index (κ3) is 12.6. The zero-order valence-electron chi connectivity index (χ0n) is 21.3. The Kier molecular flexibility index (Phi) is 11.1. The third-order valence-corrected chi connectivity index (χ3v) is 24.5. The van der Waals surface area contributed by atoms with E-state index >= 15 is 0 Å². The molecule has 0 aliphatic rings. The van der Waals surface area contributed by atoms with Gasteiger partial charge in [0, 0.05) is 27.4 Å². The van der Waals surface area contributed by atoms with Gasteiger partial charge in [0.1, 0.15) is 0 Å². The summed E-state index contributed by atoms with van der Waals surface area (Å²) in [4.78, 5) is 0. The van der Waals surface area contributed by atoms with Crippen LogP contribution in [0.2, 0.25) is 84.1 Å². The van der Waals surface area contributed by atoms with Crippen LogP contribution < -0.4 is 0 Å². The second-order valence-corrected chi connectivity index (χ2v) is 33.5. The van der Waals surface area contributed by atoms with Crippen LogP contribution in [0.5, 0.6) is 0 Å². The number of hydrogen-bond acceptors (Lipinski definition) is 7. The van der Waals surface area contributed by atoms with Gasteiger partial charge in [-0.1, -0.05) is 0 Å². The van der Waals surface area contributed by atoms with Gasteiger partial charge in [-0.3, -0.25) is 0 Å². The fraction of sp³-hybridized carbons (Fsp3) is 1.00. The molecule has 0 radical (unpaired) electrons. The van der Waals surface area contributed by atoms with E-state index in [9.17, 15) is 0 Å². The van der Waals surface area contributed by atoms with Gasteiger partial charge in [-0.2, -0.15) is 0 Å². The Morgan fingerprint density at radius 3 is 1.17 bits per heavy atom. The van der Waals surface area contributed by atoms with E-state index in [1.807, 2.05) is 0 Å². The molecule has 0 amide bonds. The van der Waals surface area contributed by atoms with Gasteiger partial charge in [0.15, 0.2) is 16.6 Å². The summed E-state index contributed by atoms with van der Waals surface area (Å²) in [7, 11) is -8.67. The van der Waals surface area contributed by atoms with Crippen LogP contribution in [0.3, 0.4) is 0 Å². The normalized spacial score (nSPS) is 16.8. The summed E-state index contributed by atoms with van der Waals surface area (Å²) in [6, 6.07) is 1.38. The van der Waals surface area contributed by atoms with E-state index in [2.05, 4.69) is 72.0 Å². The van der Waals surface area contributed by atoms with Crippen LogP contribution in [0.1, 0.15) is 0 Å². The highest BCUT2D eigenvalue weighted by Crippen LogP contribution is 2.31. The van der Waals surface area contributed by atoms with Crippen molar-refractivity contribution in [2.24, 2.45) is 0 Å². The molecular formula is C16H46O7Si6. The zero-order valence-corrected chi connectivity index (χ0v) is 27.3. The van der Waals surface area contributed by atoms with Crippen molar-refractivity contribution in [3.63, 3.8) is 0 Å². The summed E-state index contributed by atoms with van der Waals surface area (Å²) in [5.41, 5.74) is 0. The predicted molar refractivity (Wildman–Crippen MR) is 134 cm³/mol. The average molecular weight is 519 g/mol. The fourth-order valence-electron chi connectivity index (χ4n) is 3.60. The first kappa shape index (κ1) is 30.0. The van der Waals surface area contributed by atoms with Gasteiger partial charge in [-0.15, -0.1) is 0 Å². The highest BCUT2D eigenvalue weighted by molar-refractivity contribution is 6.90. The molecule has 0 heterocycles. The molecule has 0 aliphatic heterocycles. The topological polar surface area (TPSA) is 64.6 Å². The minimum atomic E-state index is -2.70. The summed E-state index contributed by atoms with van der Waals surface area (Å²) in [6.45, 7) is 23.7. The van der Waals surface area contributed by atoms with Crippen molar-refractivity contribution in [1.29, 1.82) is 0 Å². The molecule has 13 heteroatoms. The number of hydrogen-bond donors (Lipinski definition) is 0. The van der Waals surface area contributed by atoms with Crippen LogP contribution in [0.4, 0.5) is 0 Å². The van der Waals surface area contributed by atoms with E-state index in [1.165, 1.54) is 0 Å². The van der Waals surface area contributed by atoms with Crippen LogP contribution in [-0.4, -0.2) is 72.5 Å². The second-order valence-electron chi connectivity index (χ2n) is 10.4. The third-order valence-electron chi connectivity index (χ3n) is 3.85. The summed E-state index contributed by atoms with van der Waals surface area (Å²) in [6.07, 6.45) is 0. The van der Waals surface area contributed by atoms with Crippen LogP contribution in [0, 0.1) is 0 Å². The lowest BCUT2D eigenvalue weighted by molar-refractivity contribution is 0.124. The van der Waals surface area contributed by atoms with Gasteiger partial charge >= 0.3 is 34.5 Å². The molecule has 0 aromatic heterocycles. The molecule has 176 valence electrons. The molecule has 0 fully saturated rings. The molecule has 7 nitrogen and oxygen atoms in total. The van der Waals surface area contributed by atoms with Crippen molar-refractivity contribution in [1.82, 2.24) is 0 Å². The highest BCUT2D eigenvalue weighted by Gasteiger charge is 2.49. The molecular weight excluding hydrogens is 473 g/mol. The summed E-state index contributed by atoms with van der Waals surface area (Å²) in [5, 5.41) is 0. The Balaban J connectivity index is 5.54. The van der Waals surface area contributed by atoms with Crippen molar-refractivity contribution < 1.29 is 29.7 Å². The quantitative estimate of drug-likeness (QED) is 0.297. The van der Waals surface area contributed by atoms with Gasteiger partial charge in [-0.25, -0.2) is 0 Å². The van der Waals surface area contributed by atoms with E-state index in [0.717, 1.165) is 6.04 Å². The minimum absolute atomic E-state index is 0.653. The lowest BCUT2D eigenvalue weighted by atomic mass is 10.9. The van der Waals surface area contributed by atoms with Crippen LogP contribution >= 0.6 is 0 Å². The molecule has 0 rings (SSSR count). The molecule has 29 heavy (non-hydrogen) atoms. The first-order valence-corrected chi connectivity index (χ1v) is 27.1. The van der Waals surface area contributed by atoms with E-state index in [4.69, 9.17) is 29.7 Å². The maximum atomic E-state index is 6.77. The largest absolute Gasteiger partial charge is 0.500 e. The lowest BCUT2D eigenvalue weighted by Gasteiger charge is -2.43. The summed E-state index contributed by atoms with van der Waals surface area (Å²) >= 11 is 0. The van der Waals surface area contributed by atoms with Crippen LogP contribution in [-0.2, 0) is 29.7 Å². The Labute approximate surface area is 186 Å². The molecule has 0 aliphatic carbocycles. The van der Waals surface area contributed by atoms with E-state index in [1.54, 1.807) is 21.3 Å². The maximum absolute atomic E-state index is 6.77. The summed E-state index contributed by atoms with van der Waals surface area (Å²) in [5.74, 6) is 0. The van der Waals surface area contributed by atoms with Gasteiger partial charge < -0.3 is 29.7 Å². The van der Waals surface area contributed by atoms with E-state index in [0.29, 0.717) is 6.04 Å². The van der Waals surface area contributed by atoms with Crippen molar-refractivity contribution >= 4 is 51.1 Å².